The lowest BCUT2D eigenvalue weighted by molar-refractivity contribution is -0.142. The number of aromatic nitrogens is 3. The van der Waals surface area contributed by atoms with Crippen LogP contribution >= 0.6 is 0 Å². The third kappa shape index (κ3) is 2.78. The van der Waals surface area contributed by atoms with E-state index in [0.29, 0.717) is 0 Å². The summed E-state index contributed by atoms with van der Waals surface area (Å²) in [6, 6.07) is -0.975. The largest absolute Gasteiger partial charge is 0.480 e. The maximum absolute atomic E-state index is 11.6. The van der Waals surface area contributed by atoms with Gasteiger partial charge in [0.1, 0.15) is 6.04 Å². The zero-order valence-corrected chi connectivity index (χ0v) is 9.31. The van der Waals surface area contributed by atoms with Crippen LogP contribution in [-0.4, -0.2) is 38.4 Å². The Morgan fingerprint density at radius 3 is 2.50 bits per heavy atom. The molecule has 0 saturated heterocycles. The SMILES string of the molecule is CC(C)(C)C(NC(=O)c1cn[nH]n1)C(=O)O. The van der Waals surface area contributed by atoms with Gasteiger partial charge in [0.25, 0.3) is 5.91 Å². The number of carboxylic acid groups (broad SMARTS) is 1. The molecule has 16 heavy (non-hydrogen) atoms. The van der Waals surface area contributed by atoms with Gasteiger partial charge in [-0.15, -0.1) is 0 Å². The number of nitrogens with zero attached hydrogens (tertiary/aromatic N) is 2. The zero-order valence-electron chi connectivity index (χ0n) is 9.31. The van der Waals surface area contributed by atoms with E-state index in [9.17, 15) is 9.59 Å². The molecule has 7 nitrogen and oxygen atoms in total. The van der Waals surface area contributed by atoms with Gasteiger partial charge in [-0.1, -0.05) is 20.8 Å². The van der Waals surface area contributed by atoms with Gasteiger partial charge in [0.2, 0.25) is 0 Å². The number of rotatable bonds is 3. The fourth-order valence-electron chi connectivity index (χ4n) is 1.16. The highest BCUT2D eigenvalue weighted by Gasteiger charge is 2.33. The number of carbonyl (C=O) groups excluding carboxylic acids is 1. The second-order valence-corrected chi connectivity index (χ2v) is 4.47. The molecule has 0 saturated carbocycles. The van der Waals surface area contributed by atoms with Crippen molar-refractivity contribution in [1.82, 2.24) is 20.7 Å². The summed E-state index contributed by atoms with van der Waals surface area (Å²) in [7, 11) is 0. The van der Waals surface area contributed by atoms with E-state index in [-0.39, 0.29) is 5.69 Å². The number of H-pyrrole nitrogens is 1. The van der Waals surface area contributed by atoms with Crippen LogP contribution in [0.1, 0.15) is 31.3 Å². The van der Waals surface area contributed by atoms with Crippen LogP contribution in [0.2, 0.25) is 0 Å². The second-order valence-electron chi connectivity index (χ2n) is 4.47. The fraction of sp³-hybridized carbons (Fsp3) is 0.556. The van der Waals surface area contributed by atoms with Gasteiger partial charge in [-0.2, -0.15) is 15.4 Å². The molecule has 3 N–H and O–H groups in total. The summed E-state index contributed by atoms with van der Waals surface area (Å²) >= 11 is 0. The first kappa shape index (κ1) is 12.2. The number of aliphatic carboxylic acids is 1. The predicted molar refractivity (Wildman–Crippen MR) is 54.7 cm³/mol. The lowest BCUT2D eigenvalue weighted by Gasteiger charge is -2.27. The molecule has 1 amide bonds. The number of carboxylic acids is 1. The van der Waals surface area contributed by atoms with E-state index in [1.807, 2.05) is 0 Å². The van der Waals surface area contributed by atoms with Crippen molar-refractivity contribution in [1.29, 1.82) is 0 Å². The summed E-state index contributed by atoms with van der Waals surface area (Å²) < 4.78 is 0. The molecular formula is C9H14N4O3. The molecule has 1 aromatic rings. The summed E-state index contributed by atoms with van der Waals surface area (Å²) in [5.74, 6) is -1.64. The Labute approximate surface area is 92.2 Å². The van der Waals surface area contributed by atoms with Crippen LogP contribution in [0.15, 0.2) is 6.20 Å². The maximum atomic E-state index is 11.6. The minimum atomic E-state index is -1.08. The van der Waals surface area contributed by atoms with E-state index >= 15 is 0 Å². The summed E-state index contributed by atoms with van der Waals surface area (Å²) in [4.78, 5) is 22.6. The highest BCUT2D eigenvalue weighted by molar-refractivity contribution is 5.94. The number of hydrogen-bond donors (Lipinski definition) is 3. The smallest absolute Gasteiger partial charge is 0.326 e. The third-order valence-electron chi connectivity index (χ3n) is 2.04. The molecule has 88 valence electrons. The van der Waals surface area contributed by atoms with Gasteiger partial charge in [-0.25, -0.2) is 4.79 Å². The van der Waals surface area contributed by atoms with Crippen molar-refractivity contribution in [3.8, 4) is 0 Å². The standard InChI is InChI=1S/C9H14N4O3/c1-9(2,3)6(8(15)16)11-7(14)5-4-10-13-12-5/h4,6H,1-3H3,(H,11,14)(H,15,16)(H,10,12,13). The zero-order chi connectivity index (χ0) is 12.3. The van der Waals surface area contributed by atoms with E-state index < -0.39 is 23.3 Å². The van der Waals surface area contributed by atoms with Gasteiger partial charge in [-0.3, -0.25) is 4.79 Å². The molecular weight excluding hydrogens is 212 g/mol. The summed E-state index contributed by atoms with van der Waals surface area (Å²) in [5, 5.41) is 20.7. The summed E-state index contributed by atoms with van der Waals surface area (Å²) in [5.41, 5.74) is -0.513. The van der Waals surface area contributed by atoms with Crippen LogP contribution in [0, 0.1) is 5.41 Å². The average Bonchev–Trinajstić information content (AvgIpc) is 2.63. The number of nitrogens with one attached hydrogen (secondary N) is 2. The molecule has 1 rings (SSSR count). The molecule has 0 fully saturated rings. The Kier molecular flexibility index (Phi) is 3.26. The van der Waals surface area contributed by atoms with Gasteiger partial charge >= 0.3 is 5.97 Å². The highest BCUT2D eigenvalue weighted by Crippen LogP contribution is 2.19. The topological polar surface area (TPSA) is 108 Å². The highest BCUT2D eigenvalue weighted by atomic mass is 16.4. The van der Waals surface area contributed by atoms with Gasteiger partial charge in [0, 0.05) is 0 Å². The molecule has 0 aromatic carbocycles. The van der Waals surface area contributed by atoms with Crippen molar-refractivity contribution in [2.75, 3.05) is 0 Å². The Hall–Kier alpha value is -1.92. The quantitative estimate of drug-likeness (QED) is 0.674. The first-order chi connectivity index (χ1) is 7.32. The normalized spacial score (nSPS) is 13.2. The number of amides is 1. The molecule has 1 heterocycles. The minimum Gasteiger partial charge on any atom is -0.480 e. The minimum absolute atomic E-state index is 0.0653. The molecule has 0 bridgehead atoms. The Morgan fingerprint density at radius 1 is 1.50 bits per heavy atom. The number of carbonyl (C=O) groups is 2. The molecule has 0 aliphatic heterocycles. The van der Waals surface area contributed by atoms with E-state index in [4.69, 9.17) is 5.11 Å². The van der Waals surface area contributed by atoms with Crippen molar-refractivity contribution >= 4 is 11.9 Å². The van der Waals surface area contributed by atoms with Gasteiger partial charge < -0.3 is 10.4 Å². The van der Waals surface area contributed by atoms with Crippen molar-refractivity contribution < 1.29 is 14.7 Å². The third-order valence-corrected chi connectivity index (χ3v) is 2.04. The number of aromatic amines is 1. The summed E-state index contributed by atoms with van der Waals surface area (Å²) in [6.45, 7) is 5.19. The average molecular weight is 226 g/mol. The van der Waals surface area contributed by atoms with E-state index in [1.54, 1.807) is 20.8 Å². The molecule has 1 aromatic heterocycles. The van der Waals surface area contributed by atoms with E-state index in [0.717, 1.165) is 0 Å². The lowest BCUT2D eigenvalue weighted by atomic mass is 9.87. The fourth-order valence-corrected chi connectivity index (χ4v) is 1.16. The monoisotopic (exact) mass is 226 g/mol. The van der Waals surface area contributed by atoms with Crippen molar-refractivity contribution in [3.05, 3.63) is 11.9 Å². The van der Waals surface area contributed by atoms with Gasteiger partial charge in [-0.05, 0) is 5.41 Å². The van der Waals surface area contributed by atoms with Gasteiger partial charge in [0.05, 0.1) is 6.20 Å². The van der Waals surface area contributed by atoms with Crippen LogP contribution in [0.5, 0.6) is 0 Å². The Balaban J connectivity index is 2.78. The van der Waals surface area contributed by atoms with Crippen LogP contribution in [0.25, 0.3) is 0 Å². The number of hydrogen-bond acceptors (Lipinski definition) is 4. The van der Waals surface area contributed by atoms with Crippen molar-refractivity contribution in [2.24, 2.45) is 5.41 Å². The maximum Gasteiger partial charge on any atom is 0.326 e. The molecule has 0 aliphatic carbocycles. The van der Waals surface area contributed by atoms with Crippen molar-refractivity contribution in [2.45, 2.75) is 26.8 Å². The predicted octanol–water partition coefficient (Wildman–Crippen LogP) is 0.0338. The Bertz CT molecular complexity index is 380. The first-order valence-electron chi connectivity index (χ1n) is 4.72. The summed E-state index contributed by atoms with van der Waals surface area (Å²) in [6.07, 6.45) is 1.23. The lowest BCUT2D eigenvalue weighted by Crippen LogP contribution is -2.49. The van der Waals surface area contributed by atoms with E-state index in [1.165, 1.54) is 6.20 Å². The molecule has 0 spiro atoms. The van der Waals surface area contributed by atoms with Crippen molar-refractivity contribution in [3.63, 3.8) is 0 Å². The Morgan fingerprint density at radius 2 is 2.12 bits per heavy atom. The second kappa shape index (κ2) is 4.30. The first-order valence-corrected chi connectivity index (χ1v) is 4.72. The molecule has 0 aliphatic rings. The van der Waals surface area contributed by atoms with Crippen LogP contribution in [0.3, 0.4) is 0 Å². The molecule has 0 radical (unpaired) electrons. The van der Waals surface area contributed by atoms with Crippen LogP contribution < -0.4 is 5.32 Å². The van der Waals surface area contributed by atoms with Crippen LogP contribution in [-0.2, 0) is 4.79 Å². The van der Waals surface area contributed by atoms with E-state index in [2.05, 4.69) is 20.7 Å². The van der Waals surface area contributed by atoms with Gasteiger partial charge in [0.15, 0.2) is 5.69 Å². The molecule has 1 atom stereocenters. The van der Waals surface area contributed by atoms with Crippen LogP contribution in [0.4, 0.5) is 0 Å². The molecule has 7 heteroatoms. The molecule has 1 unspecified atom stereocenters.